The van der Waals surface area contributed by atoms with E-state index in [1.165, 1.54) is 0 Å². The predicted octanol–water partition coefficient (Wildman–Crippen LogP) is 1.97. The fourth-order valence-electron chi connectivity index (χ4n) is 4.35. The summed E-state index contributed by atoms with van der Waals surface area (Å²) in [5.74, 6) is -0.359. The summed E-state index contributed by atoms with van der Waals surface area (Å²) in [4.78, 5) is 29.5. The van der Waals surface area contributed by atoms with Crippen molar-refractivity contribution in [2.45, 2.75) is 12.5 Å². The first-order valence-corrected chi connectivity index (χ1v) is 10.6. The van der Waals surface area contributed by atoms with Crippen molar-refractivity contribution in [1.29, 1.82) is 0 Å². The second kappa shape index (κ2) is 7.72. The highest BCUT2D eigenvalue weighted by atomic mass is 16.5. The first-order chi connectivity index (χ1) is 15.8. The van der Waals surface area contributed by atoms with E-state index in [4.69, 9.17) is 9.15 Å². The van der Waals surface area contributed by atoms with Crippen LogP contribution < -0.4 is 4.90 Å². The maximum absolute atomic E-state index is 13.5. The summed E-state index contributed by atoms with van der Waals surface area (Å²) < 4.78 is 11.1. The molecule has 1 saturated heterocycles. The Morgan fingerprint density at radius 3 is 2.78 bits per heavy atom. The van der Waals surface area contributed by atoms with E-state index in [0.717, 1.165) is 27.9 Å². The van der Waals surface area contributed by atoms with E-state index in [-0.39, 0.29) is 11.8 Å². The van der Waals surface area contributed by atoms with E-state index in [1.807, 2.05) is 41.4 Å². The molecule has 162 valence electrons. The lowest BCUT2D eigenvalue weighted by Crippen LogP contribution is -2.41. The van der Waals surface area contributed by atoms with Gasteiger partial charge in [0.25, 0.3) is 0 Å². The Morgan fingerprint density at radius 1 is 1.06 bits per heavy atom. The van der Waals surface area contributed by atoms with Gasteiger partial charge < -0.3 is 23.9 Å². The van der Waals surface area contributed by atoms with Gasteiger partial charge in [0.15, 0.2) is 0 Å². The van der Waals surface area contributed by atoms with Crippen LogP contribution in [0.1, 0.15) is 33.8 Å². The molecule has 5 heterocycles. The van der Waals surface area contributed by atoms with Crippen molar-refractivity contribution >= 4 is 22.7 Å². The van der Waals surface area contributed by atoms with Crippen molar-refractivity contribution < 1.29 is 13.9 Å². The molecule has 32 heavy (non-hydrogen) atoms. The van der Waals surface area contributed by atoms with Crippen LogP contribution in [-0.4, -0.2) is 68.8 Å². The quantitative estimate of drug-likeness (QED) is 0.524. The van der Waals surface area contributed by atoms with Crippen molar-refractivity contribution in [3.05, 3.63) is 65.8 Å². The lowest BCUT2D eigenvalue weighted by Gasteiger charge is -2.33. The second-order valence-electron chi connectivity index (χ2n) is 7.86. The van der Waals surface area contributed by atoms with E-state index in [0.29, 0.717) is 45.3 Å². The van der Waals surface area contributed by atoms with Crippen LogP contribution in [0.3, 0.4) is 0 Å². The van der Waals surface area contributed by atoms with Crippen molar-refractivity contribution in [2.75, 3.05) is 37.7 Å². The van der Waals surface area contributed by atoms with Gasteiger partial charge in [-0.05, 0) is 11.5 Å². The van der Waals surface area contributed by atoms with Gasteiger partial charge in [0, 0.05) is 43.3 Å². The van der Waals surface area contributed by atoms with Crippen molar-refractivity contribution in [1.82, 2.24) is 30.0 Å². The average Bonchev–Trinajstić information content (AvgIpc) is 3.53. The Hall–Kier alpha value is -3.79. The standard InChI is InChI=1S/C22H21N7O3/c30-21(20-26-27-22(32-20)28-7-9-31-10-8-28)29-6-5-16-18(25-13-24-16)19(29)17-11-14-3-1-2-4-15(14)12-23-17/h1-4,11-13,19H,5-10H2,(H,24,25)/t19-/m1/s1. The zero-order chi connectivity index (χ0) is 21.5. The number of nitrogens with one attached hydrogen (secondary N) is 1. The van der Waals surface area contributed by atoms with Gasteiger partial charge in [-0.15, -0.1) is 5.10 Å². The van der Waals surface area contributed by atoms with Gasteiger partial charge in [-0.2, -0.15) is 0 Å². The number of amides is 1. The van der Waals surface area contributed by atoms with Gasteiger partial charge >= 0.3 is 17.8 Å². The number of rotatable bonds is 3. The van der Waals surface area contributed by atoms with Crippen LogP contribution in [0.4, 0.5) is 6.01 Å². The van der Waals surface area contributed by atoms with Crippen LogP contribution in [0.2, 0.25) is 0 Å². The normalized spacial score (nSPS) is 18.7. The molecule has 3 aromatic heterocycles. The summed E-state index contributed by atoms with van der Waals surface area (Å²) in [6.07, 6.45) is 4.16. The number of ether oxygens (including phenoxy) is 1. The third kappa shape index (κ3) is 3.19. The molecule has 1 fully saturated rings. The lowest BCUT2D eigenvalue weighted by atomic mass is 9.98. The number of hydrogen-bond acceptors (Lipinski definition) is 8. The number of H-pyrrole nitrogens is 1. The van der Waals surface area contributed by atoms with Gasteiger partial charge in [0.05, 0.1) is 30.9 Å². The van der Waals surface area contributed by atoms with Crippen LogP contribution in [-0.2, 0) is 11.2 Å². The number of anilines is 1. The number of aromatic nitrogens is 5. The van der Waals surface area contributed by atoms with Crippen LogP contribution in [0.15, 0.2) is 47.3 Å². The molecule has 0 radical (unpaired) electrons. The summed E-state index contributed by atoms with van der Waals surface area (Å²) >= 11 is 0. The van der Waals surface area contributed by atoms with Gasteiger partial charge in [-0.3, -0.25) is 9.78 Å². The number of benzene rings is 1. The highest BCUT2D eigenvalue weighted by Crippen LogP contribution is 2.34. The first kappa shape index (κ1) is 18.9. The fourth-order valence-corrected chi connectivity index (χ4v) is 4.35. The van der Waals surface area contributed by atoms with E-state index < -0.39 is 6.04 Å². The third-order valence-electron chi connectivity index (χ3n) is 6.00. The van der Waals surface area contributed by atoms with Gasteiger partial charge in [-0.25, -0.2) is 4.98 Å². The molecule has 2 aliphatic heterocycles. The minimum atomic E-state index is -0.444. The molecule has 6 rings (SSSR count). The van der Waals surface area contributed by atoms with E-state index in [1.54, 1.807) is 11.2 Å². The Kier molecular flexibility index (Phi) is 4.57. The number of aromatic amines is 1. The molecule has 1 atom stereocenters. The summed E-state index contributed by atoms with van der Waals surface area (Å²) in [6.45, 7) is 2.98. The van der Waals surface area contributed by atoms with Crippen LogP contribution >= 0.6 is 0 Å². The molecular formula is C22H21N7O3. The summed E-state index contributed by atoms with van der Waals surface area (Å²) in [5.41, 5.74) is 2.55. The molecule has 1 N–H and O–H groups in total. The van der Waals surface area contributed by atoms with E-state index in [2.05, 4.69) is 25.1 Å². The topological polar surface area (TPSA) is 113 Å². The number of hydrogen-bond donors (Lipinski definition) is 1. The zero-order valence-electron chi connectivity index (χ0n) is 17.3. The molecule has 1 aromatic carbocycles. The molecule has 0 aliphatic carbocycles. The maximum Gasteiger partial charge on any atom is 0.318 e. The molecule has 0 spiro atoms. The molecule has 0 unspecified atom stereocenters. The minimum absolute atomic E-state index is 0.0312. The second-order valence-corrected chi connectivity index (χ2v) is 7.86. The number of pyridine rings is 1. The summed E-state index contributed by atoms with van der Waals surface area (Å²) in [6, 6.07) is 9.93. The Morgan fingerprint density at radius 2 is 1.91 bits per heavy atom. The van der Waals surface area contributed by atoms with Crippen LogP contribution in [0.5, 0.6) is 0 Å². The number of carbonyl (C=O) groups excluding carboxylic acids is 1. The largest absolute Gasteiger partial charge is 0.399 e. The predicted molar refractivity (Wildman–Crippen MR) is 114 cm³/mol. The van der Waals surface area contributed by atoms with Crippen LogP contribution in [0.25, 0.3) is 10.8 Å². The zero-order valence-corrected chi connectivity index (χ0v) is 17.3. The highest BCUT2D eigenvalue weighted by molar-refractivity contribution is 5.90. The highest BCUT2D eigenvalue weighted by Gasteiger charge is 2.37. The van der Waals surface area contributed by atoms with Crippen molar-refractivity contribution in [2.24, 2.45) is 0 Å². The lowest BCUT2D eigenvalue weighted by molar-refractivity contribution is 0.0646. The third-order valence-corrected chi connectivity index (χ3v) is 6.00. The maximum atomic E-state index is 13.5. The number of carbonyl (C=O) groups is 1. The number of imidazole rings is 1. The molecule has 2 aliphatic rings. The number of morpholine rings is 1. The number of fused-ring (bicyclic) bond motifs is 2. The monoisotopic (exact) mass is 431 g/mol. The van der Waals surface area contributed by atoms with E-state index in [9.17, 15) is 4.79 Å². The SMILES string of the molecule is O=C(c1nnc(N2CCOCC2)o1)N1CCc2[nH]cnc2[C@H]1c1cc2ccccc2cn1. The average molecular weight is 431 g/mol. The number of nitrogens with zero attached hydrogens (tertiary/aromatic N) is 6. The van der Waals surface area contributed by atoms with Gasteiger partial charge in [0.2, 0.25) is 0 Å². The van der Waals surface area contributed by atoms with Crippen molar-refractivity contribution in [3.63, 3.8) is 0 Å². The molecular weight excluding hydrogens is 410 g/mol. The Labute approximate surface area is 183 Å². The molecule has 4 aromatic rings. The van der Waals surface area contributed by atoms with Gasteiger partial charge in [-0.1, -0.05) is 29.4 Å². The van der Waals surface area contributed by atoms with E-state index >= 15 is 0 Å². The summed E-state index contributed by atoms with van der Waals surface area (Å²) in [7, 11) is 0. The Bertz CT molecular complexity index is 1280. The smallest absolute Gasteiger partial charge is 0.318 e. The van der Waals surface area contributed by atoms with Crippen molar-refractivity contribution in [3.8, 4) is 0 Å². The fraction of sp³-hybridized carbons (Fsp3) is 0.318. The Balaban J connectivity index is 1.36. The van der Waals surface area contributed by atoms with Gasteiger partial charge in [0.1, 0.15) is 6.04 Å². The molecule has 10 heteroatoms. The molecule has 1 amide bonds. The minimum Gasteiger partial charge on any atom is -0.399 e. The molecule has 0 bridgehead atoms. The molecule has 0 saturated carbocycles. The van der Waals surface area contributed by atoms with Crippen LogP contribution in [0, 0.1) is 0 Å². The summed E-state index contributed by atoms with van der Waals surface area (Å²) in [5, 5.41) is 10.2. The molecule has 10 nitrogen and oxygen atoms in total. The first-order valence-electron chi connectivity index (χ1n) is 10.6.